The number of ether oxygens (including phenoxy) is 2. The van der Waals surface area contributed by atoms with Crippen LogP contribution < -0.4 is 15.4 Å². The molecule has 1 aliphatic heterocycles. The lowest BCUT2D eigenvalue weighted by atomic mass is 10.1. The SMILES string of the molecule is COc1cc(O)c2c(c1Br)C(=O)O[C@H](c1ccccc1)C(=O)NCC(=S)N[C@H](c1nc(C)no1)CSC2. The lowest BCUT2D eigenvalue weighted by Crippen LogP contribution is -2.41. The summed E-state index contributed by atoms with van der Waals surface area (Å²) in [6, 6.07) is 9.56. The first kappa shape index (κ1) is 26.9. The van der Waals surface area contributed by atoms with E-state index in [0.29, 0.717) is 38.1 Å². The third kappa shape index (κ3) is 6.22. The second kappa shape index (κ2) is 11.9. The highest BCUT2D eigenvalue weighted by Gasteiger charge is 2.31. The second-order valence-corrected chi connectivity index (χ2v) is 10.3. The van der Waals surface area contributed by atoms with Gasteiger partial charge in [0, 0.05) is 28.7 Å². The lowest BCUT2D eigenvalue weighted by Gasteiger charge is -2.23. The highest BCUT2D eigenvalue weighted by molar-refractivity contribution is 9.10. The summed E-state index contributed by atoms with van der Waals surface area (Å²) in [6.45, 7) is 1.70. The Labute approximate surface area is 230 Å². The zero-order valence-corrected chi connectivity index (χ0v) is 23.0. The van der Waals surface area contributed by atoms with Crippen LogP contribution in [0.25, 0.3) is 0 Å². The molecule has 0 aliphatic carbocycles. The van der Waals surface area contributed by atoms with Gasteiger partial charge in [-0.2, -0.15) is 16.7 Å². The van der Waals surface area contributed by atoms with Crippen LogP contribution in [0.5, 0.6) is 11.5 Å². The molecule has 2 atom stereocenters. The van der Waals surface area contributed by atoms with Gasteiger partial charge in [-0.05, 0) is 22.9 Å². The fraction of sp³-hybridized carbons (Fsp3) is 0.292. The van der Waals surface area contributed by atoms with Crippen LogP contribution in [0.4, 0.5) is 0 Å². The smallest absolute Gasteiger partial charge is 0.341 e. The Bertz CT molecular complexity index is 1320. The molecule has 194 valence electrons. The van der Waals surface area contributed by atoms with E-state index in [1.54, 1.807) is 37.3 Å². The number of cyclic esters (lactones) is 1. The zero-order chi connectivity index (χ0) is 26.5. The summed E-state index contributed by atoms with van der Waals surface area (Å²) >= 11 is 10.3. The van der Waals surface area contributed by atoms with Crippen molar-refractivity contribution in [1.82, 2.24) is 20.8 Å². The predicted octanol–water partition coefficient (Wildman–Crippen LogP) is 3.77. The van der Waals surface area contributed by atoms with E-state index < -0.39 is 24.0 Å². The highest BCUT2D eigenvalue weighted by atomic mass is 79.9. The molecule has 0 radical (unpaired) electrons. The van der Waals surface area contributed by atoms with Crippen LogP contribution >= 0.6 is 39.9 Å². The summed E-state index contributed by atoms with van der Waals surface area (Å²) in [7, 11) is 1.42. The quantitative estimate of drug-likeness (QED) is 0.297. The van der Waals surface area contributed by atoms with Crippen LogP contribution in [0.2, 0.25) is 0 Å². The molecule has 2 aromatic carbocycles. The third-order valence-corrected chi connectivity index (χ3v) is 7.55. The normalized spacial score (nSPS) is 19.2. The van der Waals surface area contributed by atoms with Crippen LogP contribution in [-0.2, 0) is 15.3 Å². The molecule has 10 nitrogen and oxygen atoms in total. The maximum absolute atomic E-state index is 13.5. The predicted molar refractivity (Wildman–Crippen MR) is 144 cm³/mol. The van der Waals surface area contributed by atoms with Crippen molar-refractivity contribution in [2.24, 2.45) is 0 Å². The second-order valence-electron chi connectivity index (χ2n) is 7.99. The Morgan fingerprint density at radius 2 is 2.03 bits per heavy atom. The number of carbonyl (C=O) groups excluding carboxylic acids is 2. The summed E-state index contributed by atoms with van der Waals surface area (Å²) in [6.07, 6.45) is -1.27. The van der Waals surface area contributed by atoms with Crippen LogP contribution in [-0.4, -0.2) is 51.5 Å². The molecule has 4 rings (SSSR count). The standard InChI is InChI=1S/C24H23BrN4O6S2/c1-12-27-23(35-29-12)15-11-37-10-14-16(30)8-17(33-2)20(25)19(14)24(32)34-21(13-6-4-3-5-7-13)22(31)26-9-18(36)28-15/h3-8,15,21,30H,9-11H2,1-2H3,(H,26,31)(H,28,36)/t15-,21+/m0/s1. The molecule has 0 unspecified atom stereocenters. The Balaban J connectivity index is 1.76. The number of thioether (sulfide) groups is 1. The van der Waals surface area contributed by atoms with Gasteiger partial charge in [-0.1, -0.05) is 47.7 Å². The molecule has 13 heteroatoms. The molecular formula is C24H23BrN4O6S2. The highest BCUT2D eigenvalue weighted by Crippen LogP contribution is 2.40. The number of halogens is 1. The van der Waals surface area contributed by atoms with Crippen LogP contribution in [0.1, 0.15) is 45.3 Å². The first-order valence-corrected chi connectivity index (χ1v) is 13.4. The van der Waals surface area contributed by atoms with Gasteiger partial charge < -0.3 is 29.7 Å². The summed E-state index contributed by atoms with van der Waals surface area (Å²) < 4.78 is 16.7. The first-order valence-electron chi connectivity index (χ1n) is 11.1. The summed E-state index contributed by atoms with van der Waals surface area (Å²) in [5, 5.41) is 20.5. The van der Waals surface area contributed by atoms with Crippen molar-refractivity contribution < 1.29 is 28.7 Å². The molecule has 37 heavy (non-hydrogen) atoms. The van der Waals surface area contributed by atoms with Gasteiger partial charge in [-0.25, -0.2) is 4.79 Å². The van der Waals surface area contributed by atoms with Gasteiger partial charge in [0.1, 0.15) is 17.5 Å². The maximum atomic E-state index is 13.5. The summed E-state index contributed by atoms with van der Waals surface area (Å²) in [4.78, 5) is 31.4. The number of nitrogens with zero attached hydrogens (tertiary/aromatic N) is 2. The van der Waals surface area contributed by atoms with E-state index in [2.05, 4.69) is 36.7 Å². The molecule has 3 aromatic rings. The van der Waals surface area contributed by atoms with Crippen molar-refractivity contribution in [2.45, 2.75) is 24.8 Å². The van der Waals surface area contributed by atoms with Crippen LogP contribution in [0.3, 0.4) is 0 Å². The molecule has 1 aliphatic rings. The fourth-order valence-electron chi connectivity index (χ4n) is 3.65. The Morgan fingerprint density at radius 3 is 2.70 bits per heavy atom. The number of hydrogen-bond donors (Lipinski definition) is 3. The van der Waals surface area contributed by atoms with Gasteiger partial charge in [0.2, 0.25) is 12.0 Å². The summed E-state index contributed by atoms with van der Waals surface area (Å²) in [5.41, 5.74) is 0.844. The minimum absolute atomic E-state index is 0.00176. The number of aromatic hydroxyl groups is 1. The number of aromatic nitrogens is 2. The minimum Gasteiger partial charge on any atom is -0.507 e. The van der Waals surface area contributed by atoms with E-state index in [1.807, 2.05) is 0 Å². The van der Waals surface area contributed by atoms with E-state index in [4.69, 9.17) is 26.2 Å². The number of nitrogens with one attached hydrogen (secondary N) is 2. The van der Waals surface area contributed by atoms with Crippen molar-refractivity contribution >= 4 is 56.8 Å². The molecule has 0 fully saturated rings. The maximum Gasteiger partial charge on any atom is 0.341 e. The number of thiocarbonyl (C=S) groups is 1. The van der Waals surface area contributed by atoms with Crippen molar-refractivity contribution in [1.29, 1.82) is 0 Å². The molecule has 0 saturated carbocycles. The third-order valence-electron chi connectivity index (χ3n) is 5.43. The number of benzene rings is 2. The van der Waals surface area contributed by atoms with Gasteiger partial charge >= 0.3 is 5.97 Å². The van der Waals surface area contributed by atoms with Crippen molar-refractivity contribution in [3.05, 3.63) is 69.3 Å². The lowest BCUT2D eigenvalue weighted by molar-refractivity contribution is -0.130. The van der Waals surface area contributed by atoms with Gasteiger partial charge in [0.05, 0.1) is 28.7 Å². The average Bonchev–Trinajstić information content (AvgIpc) is 3.33. The van der Waals surface area contributed by atoms with E-state index in [-0.39, 0.29) is 29.4 Å². The monoisotopic (exact) mass is 606 g/mol. The zero-order valence-electron chi connectivity index (χ0n) is 19.8. The number of aryl methyl sites for hydroxylation is 1. The summed E-state index contributed by atoms with van der Waals surface area (Å²) in [5.74, 6) is 0.138. The number of phenolic OH excluding ortho intramolecular Hbond substituents is 1. The molecule has 2 heterocycles. The number of esters is 1. The van der Waals surface area contributed by atoms with Crippen molar-refractivity contribution in [3.8, 4) is 11.5 Å². The van der Waals surface area contributed by atoms with Gasteiger partial charge in [-0.3, -0.25) is 4.79 Å². The average molecular weight is 608 g/mol. The fourth-order valence-corrected chi connectivity index (χ4v) is 5.61. The number of carbonyl (C=O) groups is 2. The number of methoxy groups -OCH3 is 1. The molecule has 0 saturated heterocycles. The van der Waals surface area contributed by atoms with Gasteiger partial charge in [-0.15, -0.1) is 0 Å². The molecule has 0 bridgehead atoms. The van der Waals surface area contributed by atoms with E-state index in [9.17, 15) is 14.7 Å². The number of phenols is 1. The Hall–Kier alpha value is -3.16. The molecule has 0 spiro atoms. The van der Waals surface area contributed by atoms with Crippen LogP contribution in [0, 0.1) is 6.92 Å². The van der Waals surface area contributed by atoms with Crippen molar-refractivity contribution in [2.75, 3.05) is 19.4 Å². The first-order chi connectivity index (χ1) is 17.8. The van der Waals surface area contributed by atoms with Gasteiger partial charge in [0.15, 0.2) is 5.82 Å². The van der Waals surface area contributed by atoms with E-state index in [0.717, 1.165) is 0 Å². The van der Waals surface area contributed by atoms with Crippen LogP contribution in [0.15, 0.2) is 45.4 Å². The Kier molecular flexibility index (Phi) is 8.67. The Morgan fingerprint density at radius 1 is 1.27 bits per heavy atom. The van der Waals surface area contributed by atoms with E-state index in [1.165, 1.54) is 24.9 Å². The minimum atomic E-state index is -1.27. The number of fused-ring (bicyclic) bond motifs is 1. The van der Waals surface area contributed by atoms with Gasteiger partial charge in [0.25, 0.3) is 5.91 Å². The molecule has 3 N–H and O–H groups in total. The van der Waals surface area contributed by atoms with Crippen molar-refractivity contribution in [3.63, 3.8) is 0 Å². The molecule has 1 amide bonds. The largest absolute Gasteiger partial charge is 0.507 e. The number of rotatable bonds is 3. The molecular weight excluding hydrogens is 584 g/mol. The number of hydrogen-bond acceptors (Lipinski definition) is 10. The van der Waals surface area contributed by atoms with E-state index >= 15 is 0 Å². The number of amides is 1. The molecule has 1 aromatic heterocycles. The topological polar surface area (TPSA) is 136 Å².